The van der Waals surface area contributed by atoms with Crippen LogP contribution in [0.15, 0.2) is 0 Å². The number of unbranched alkanes of at least 4 members (excludes halogenated alkanes) is 9. The van der Waals surface area contributed by atoms with Crippen molar-refractivity contribution in [1.82, 2.24) is 0 Å². The van der Waals surface area contributed by atoms with Crippen LogP contribution in [0.25, 0.3) is 0 Å². The summed E-state index contributed by atoms with van der Waals surface area (Å²) in [4.78, 5) is 0. The van der Waals surface area contributed by atoms with Crippen LogP contribution in [0, 0.1) is 0 Å². The summed E-state index contributed by atoms with van der Waals surface area (Å²) in [6, 6.07) is 0. The van der Waals surface area contributed by atoms with Crippen LogP contribution >= 0.6 is 23.2 Å². The second-order valence-corrected chi connectivity index (χ2v) is 7.79. The SMILES string of the molecule is CCCCCCCCCCCC[S@](=O)C[C@H](Cl)CCl. The van der Waals surface area contributed by atoms with E-state index in [0.717, 1.165) is 12.2 Å². The van der Waals surface area contributed by atoms with Crippen LogP contribution in [0.3, 0.4) is 0 Å². The Morgan fingerprint density at radius 3 is 1.84 bits per heavy atom. The summed E-state index contributed by atoms with van der Waals surface area (Å²) in [6.45, 7) is 2.25. The molecule has 0 heterocycles. The van der Waals surface area contributed by atoms with Crippen molar-refractivity contribution in [2.24, 2.45) is 0 Å². The molecule has 0 amide bonds. The van der Waals surface area contributed by atoms with Gasteiger partial charge in [-0.2, -0.15) is 0 Å². The zero-order chi connectivity index (χ0) is 14.3. The van der Waals surface area contributed by atoms with E-state index in [-0.39, 0.29) is 5.38 Å². The van der Waals surface area contributed by atoms with Crippen LogP contribution < -0.4 is 0 Å². The first kappa shape index (κ1) is 19.7. The van der Waals surface area contributed by atoms with Crippen molar-refractivity contribution in [1.29, 1.82) is 0 Å². The van der Waals surface area contributed by atoms with Gasteiger partial charge in [0.1, 0.15) is 0 Å². The third kappa shape index (κ3) is 14.9. The predicted octanol–water partition coefficient (Wildman–Crippen LogP) is 5.50. The smallest absolute Gasteiger partial charge is 0.0586 e. The summed E-state index contributed by atoms with van der Waals surface area (Å²) >= 11 is 11.5. The molecule has 0 aliphatic rings. The molecule has 0 saturated carbocycles. The second kappa shape index (κ2) is 15.1. The predicted molar refractivity (Wildman–Crippen MR) is 90.1 cm³/mol. The molecular weight excluding hydrogens is 299 g/mol. The molecular formula is C15H30Cl2OS. The molecule has 0 radical (unpaired) electrons. The molecule has 0 spiro atoms. The highest BCUT2D eigenvalue weighted by Gasteiger charge is 2.07. The molecule has 0 saturated heterocycles. The Morgan fingerprint density at radius 1 is 0.895 bits per heavy atom. The zero-order valence-corrected chi connectivity index (χ0v) is 14.7. The number of alkyl halides is 2. The fraction of sp³-hybridized carbons (Fsp3) is 1.00. The zero-order valence-electron chi connectivity index (χ0n) is 12.3. The fourth-order valence-electron chi connectivity index (χ4n) is 2.08. The van der Waals surface area contributed by atoms with Gasteiger partial charge in [-0.05, 0) is 6.42 Å². The second-order valence-electron chi connectivity index (χ2n) is 5.24. The Balaban J connectivity index is 3.16. The minimum Gasteiger partial charge on any atom is -0.260 e. The van der Waals surface area contributed by atoms with E-state index in [4.69, 9.17) is 23.2 Å². The Hall–Kier alpha value is 0.730. The molecule has 0 aromatic heterocycles. The van der Waals surface area contributed by atoms with Crippen molar-refractivity contribution in [3.05, 3.63) is 0 Å². The topological polar surface area (TPSA) is 17.1 Å². The van der Waals surface area contributed by atoms with Crippen LogP contribution in [0.1, 0.15) is 71.1 Å². The Bertz CT molecular complexity index is 212. The minimum absolute atomic E-state index is 0.134. The van der Waals surface area contributed by atoms with Crippen molar-refractivity contribution in [3.8, 4) is 0 Å². The summed E-state index contributed by atoms with van der Waals surface area (Å²) in [6.07, 6.45) is 13.1. The van der Waals surface area contributed by atoms with Gasteiger partial charge < -0.3 is 0 Å². The van der Waals surface area contributed by atoms with Gasteiger partial charge in [0.2, 0.25) is 0 Å². The van der Waals surface area contributed by atoms with Crippen molar-refractivity contribution in [3.63, 3.8) is 0 Å². The molecule has 0 fully saturated rings. The van der Waals surface area contributed by atoms with Crippen LogP contribution in [-0.4, -0.2) is 27.0 Å². The summed E-state index contributed by atoms with van der Waals surface area (Å²) in [7, 11) is -0.779. The van der Waals surface area contributed by atoms with Gasteiger partial charge in [-0.3, -0.25) is 4.21 Å². The Morgan fingerprint density at radius 2 is 1.37 bits per heavy atom. The number of rotatable bonds is 14. The lowest BCUT2D eigenvalue weighted by Crippen LogP contribution is -2.14. The maximum atomic E-state index is 11.6. The lowest BCUT2D eigenvalue weighted by molar-refractivity contribution is 0.562. The van der Waals surface area contributed by atoms with E-state index in [1.54, 1.807) is 0 Å². The summed E-state index contributed by atoms with van der Waals surface area (Å²) < 4.78 is 11.6. The van der Waals surface area contributed by atoms with Crippen LogP contribution in [0.2, 0.25) is 0 Å². The van der Waals surface area contributed by atoms with Gasteiger partial charge in [-0.25, -0.2) is 0 Å². The summed E-state index contributed by atoms with van der Waals surface area (Å²) in [5, 5.41) is -0.134. The van der Waals surface area contributed by atoms with E-state index in [1.165, 1.54) is 57.8 Å². The normalized spacial score (nSPS) is 14.5. The average molecular weight is 329 g/mol. The quantitative estimate of drug-likeness (QED) is 0.304. The molecule has 0 rings (SSSR count). The maximum Gasteiger partial charge on any atom is 0.0586 e. The van der Waals surface area contributed by atoms with E-state index < -0.39 is 10.8 Å². The molecule has 0 aliphatic carbocycles. The van der Waals surface area contributed by atoms with Gasteiger partial charge in [0.05, 0.1) is 5.38 Å². The van der Waals surface area contributed by atoms with Gasteiger partial charge in [0.25, 0.3) is 0 Å². The molecule has 2 atom stereocenters. The molecule has 0 aromatic rings. The van der Waals surface area contributed by atoms with Crippen molar-refractivity contribution >= 4 is 34.0 Å². The van der Waals surface area contributed by atoms with E-state index in [2.05, 4.69) is 6.92 Å². The first-order valence-corrected chi connectivity index (χ1v) is 10.2. The van der Waals surface area contributed by atoms with Gasteiger partial charge >= 0.3 is 0 Å². The van der Waals surface area contributed by atoms with E-state index in [9.17, 15) is 4.21 Å². The van der Waals surface area contributed by atoms with Gasteiger partial charge in [-0.1, -0.05) is 64.7 Å². The molecule has 116 valence electrons. The highest BCUT2D eigenvalue weighted by Crippen LogP contribution is 2.11. The summed E-state index contributed by atoms with van der Waals surface area (Å²) in [5.41, 5.74) is 0. The van der Waals surface area contributed by atoms with E-state index >= 15 is 0 Å². The highest BCUT2D eigenvalue weighted by atomic mass is 35.5. The van der Waals surface area contributed by atoms with Crippen LogP contribution in [0.4, 0.5) is 0 Å². The third-order valence-electron chi connectivity index (χ3n) is 3.26. The monoisotopic (exact) mass is 328 g/mol. The van der Waals surface area contributed by atoms with Crippen molar-refractivity contribution < 1.29 is 4.21 Å². The first-order valence-electron chi connectivity index (χ1n) is 7.75. The molecule has 4 heteroatoms. The molecule has 1 nitrogen and oxygen atoms in total. The molecule has 0 N–H and O–H groups in total. The van der Waals surface area contributed by atoms with Crippen LogP contribution in [-0.2, 0) is 10.8 Å². The van der Waals surface area contributed by atoms with E-state index in [1.807, 2.05) is 0 Å². The summed E-state index contributed by atoms with van der Waals surface area (Å²) in [5.74, 6) is 1.73. The lowest BCUT2D eigenvalue weighted by atomic mass is 10.1. The van der Waals surface area contributed by atoms with E-state index in [0.29, 0.717) is 11.6 Å². The van der Waals surface area contributed by atoms with Gasteiger partial charge in [0.15, 0.2) is 0 Å². The van der Waals surface area contributed by atoms with Gasteiger partial charge in [-0.15, -0.1) is 23.2 Å². The number of halogens is 2. The Kier molecular flexibility index (Phi) is 15.7. The average Bonchev–Trinajstić information content (AvgIpc) is 2.40. The number of hydrogen-bond acceptors (Lipinski definition) is 1. The lowest BCUT2D eigenvalue weighted by Gasteiger charge is -2.05. The highest BCUT2D eigenvalue weighted by molar-refractivity contribution is 7.85. The van der Waals surface area contributed by atoms with Crippen LogP contribution in [0.5, 0.6) is 0 Å². The Labute approximate surface area is 132 Å². The minimum atomic E-state index is -0.779. The molecule has 0 aromatic carbocycles. The fourth-order valence-corrected chi connectivity index (χ4v) is 3.95. The number of hydrogen-bond donors (Lipinski definition) is 0. The molecule has 19 heavy (non-hydrogen) atoms. The van der Waals surface area contributed by atoms with Crippen molar-refractivity contribution in [2.45, 2.75) is 76.5 Å². The maximum absolute atomic E-state index is 11.6. The standard InChI is InChI=1S/C15H30Cl2OS/c1-2-3-4-5-6-7-8-9-10-11-12-19(18)14-15(17)13-16/h15H,2-14H2,1H3/t15-,19+/m1/s1. The molecule has 0 unspecified atom stereocenters. The van der Waals surface area contributed by atoms with Gasteiger partial charge in [0, 0.05) is 28.2 Å². The molecule has 0 aliphatic heterocycles. The molecule has 0 bridgehead atoms. The van der Waals surface area contributed by atoms with Crippen molar-refractivity contribution in [2.75, 3.05) is 17.4 Å². The largest absolute Gasteiger partial charge is 0.260 e. The first-order chi connectivity index (χ1) is 9.20. The third-order valence-corrected chi connectivity index (χ3v) is 5.80.